The van der Waals surface area contributed by atoms with E-state index in [4.69, 9.17) is 11.6 Å². The normalized spacial score (nSPS) is 21.2. The molecule has 0 fully saturated rings. The van der Waals surface area contributed by atoms with Crippen LogP contribution in [-0.4, -0.2) is 13.1 Å². The van der Waals surface area contributed by atoms with Gasteiger partial charge in [-0.05, 0) is 49.6 Å². The molecule has 0 heterocycles. The van der Waals surface area contributed by atoms with Gasteiger partial charge in [0.05, 0.1) is 0 Å². The van der Waals surface area contributed by atoms with Crippen LogP contribution in [-0.2, 0) is 0 Å². The second kappa shape index (κ2) is 4.82. The minimum absolute atomic E-state index is 0.646. The second-order valence-electron chi connectivity index (χ2n) is 4.00. The van der Waals surface area contributed by atoms with Crippen LogP contribution in [0.1, 0.15) is 24.8 Å². The first-order valence-electron chi connectivity index (χ1n) is 5.42. The van der Waals surface area contributed by atoms with Crippen molar-refractivity contribution in [1.82, 2.24) is 5.32 Å². The Balaban J connectivity index is 2.15. The van der Waals surface area contributed by atoms with E-state index >= 15 is 0 Å². The molecule has 1 aliphatic rings. The molecule has 1 unspecified atom stereocenters. The van der Waals surface area contributed by atoms with Gasteiger partial charge in [-0.1, -0.05) is 29.8 Å². The summed E-state index contributed by atoms with van der Waals surface area (Å²) in [6.45, 7) is 0. The van der Waals surface area contributed by atoms with Gasteiger partial charge < -0.3 is 5.32 Å². The van der Waals surface area contributed by atoms with Gasteiger partial charge in [0.25, 0.3) is 0 Å². The Morgan fingerprint density at radius 1 is 1.40 bits per heavy atom. The number of hydrogen-bond acceptors (Lipinski definition) is 1. The van der Waals surface area contributed by atoms with Crippen molar-refractivity contribution in [3.05, 3.63) is 40.9 Å². The van der Waals surface area contributed by atoms with Crippen LogP contribution in [0.3, 0.4) is 0 Å². The lowest BCUT2D eigenvalue weighted by Crippen LogP contribution is -2.26. The molecule has 0 saturated heterocycles. The van der Waals surface area contributed by atoms with E-state index in [0.717, 1.165) is 17.9 Å². The zero-order chi connectivity index (χ0) is 10.7. The first-order chi connectivity index (χ1) is 7.29. The summed E-state index contributed by atoms with van der Waals surface area (Å²) in [7, 11) is 2.03. The standard InChI is InChI=1S/C13H16ClN/c1-15-13-7-5-10(6-8-13)11-3-2-4-12(14)9-11/h2-5,9,13,15H,6-8H2,1H3. The predicted octanol–water partition coefficient (Wildman–Crippen LogP) is 3.50. The van der Waals surface area contributed by atoms with Crippen molar-refractivity contribution in [2.24, 2.45) is 0 Å². The van der Waals surface area contributed by atoms with E-state index in [1.807, 2.05) is 25.2 Å². The van der Waals surface area contributed by atoms with Crippen molar-refractivity contribution in [2.45, 2.75) is 25.3 Å². The molecule has 0 bridgehead atoms. The Morgan fingerprint density at radius 3 is 2.87 bits per heavy atom. The average Bonchev–Trinajstić information content (AvgIpc) is 2.29. The van der Waals surface area contributed by atoms with E-state index in [1.54, 1.807) is 0 Å². The molecule has 2 heteroatoms. The Bertz CT molecular complexity index is 371. The number of benzene rings is 1. The van der Waals surface area contributed by atoms with Gasteiger partial charge in [-0.25, -0.2) is 0 Å². The summed E-state index contributed by atoms with van der Waals surface area (Å²) in [5.41, 5.74) is 2.71. The highest BCUT2D eigenvalue weighted by Crippen LogP contribution is 2.28. The maximum atomic E-state index is 5.98. The topological polar surface area (TPSA) is 12.0 Å². The van der Waals surface area contributed by atoms with Crippen molar-refractivity contribution in [2.75, 3.05) is 7.05 Å². The number of halogens is 1. The smallest absolute Gasteiger partial charge is 0.0412 e. The van der Waals surface area contributed by atoms with E-state index < -0.39 is 0 Å². The van der Waals surface area contributed by atoms with Crippen LogP contribution < -0.4 is 5.32 Å². The Hall–Kier alpha value is -0.790. The third-order valence-corrected chi connectivity index (χ3v) is 3.25. The van der Waals surface area contributed by atoms with Crippen LogP contribution >= 0.6 is 11.6 Å². The van der Waals surface area contributed by atoms with Crippen molar-refractivity contribution < 1.29 is 0 Å². The summed E-state index contributed by atoms with van der Waals surface area (Å²) in [5.74, 6) is 0. The fourth-order valence-electron chi connectivity index (χ4n) is 2.05. The minimum Gasteiger partial charge on any atom is -0.317 e. The molecule has 0 amide bonds. The molecule has 15 heavy (non-hydrogen) atoms. The van der Waals surface area contributed by atoms with E-state index in [1.165, 1.54) is 17.6 Å². The second-order valence-corrected chi connectivity index (χ2v) is 4.44. The molecule has 1 aromatic carbocycles. The molecule has 0 aromatic heterocycles. The van der Waals surface area contributed by atoms with Crippen LogP contribution in [0, 0.1) is 0 Å². The quantitative estimate of drug-likeness (QED) is 0.806. The zero-order valence-electron chi connectivity index (χ0n) is 8.96. The summed E-state index contributed by atoms with van der Waals surface area (Å²) in [4.78, 5) is 0. The molecule has 2 rings (SSSR count). The number of hydrogen-bond donors (Lipinski definition) is 1. The average molecular weight is 222 g/mol. The highest BCUT2D eigenvalue weighted by Gasteiger charge is 2.13. The molecule has 0 aliphatic heterocycles. The Morgan fingerprint density at radius 2 is 2.27 bits per heavy atom. The first kappa shape index (κ1) is 10.7. The summed E-state index contributed by atoms with van der Waals surface area (Å²) in [5, 5.41) is 4.14. The molecule has 1 atom stereocenters. The number of allylic oxidation sites excluding steroid dienone is 1. The van der Waals surface area contributed by atoms with Gasteiger partial charge in [0.1, 0.15) is 0 Å². The summed E-state index contributed by atoms with van der Waals surface area (Å²) >= 11 is 5.98. The van der Waals surface area contributed by atoms with Crippen molar-refractivity contribution in [3.63, 3.8) is 0 Å². The van der Waals surface area contributed by atoms with Gasteiger partial charge in [0, 0.05) is 11.1 Å². The lowest BCUT2D eigenvalue weighted by Gasteiger charge is -2.21. The third-order valence-electron chi connectivity index (χ3n) is 3.01. The SMILES string of the molecule is CNC1CC=C(c2cccc(Cl)c2)CC1. The van der Waals surface area contributed by atoms with Crippen molar-refractivity contribution in [1.29, 1.82) is 0 Å². The predicted molar refractivity (Wildman–Crippen MR) is 66.1 cm³/mol. The third kappa shape index (κ3) is 2.61. The van der Waals surface area contributed by atoms with Gasteiger partial charge >= 0.3 is 0 Å². The molecular formula is C13H16ClN. The monoisotopic (exact) mass is 221 g/mol. The van der Waals surface area contributed by atoms with Gasteiger partial charge in [-0.2, -0.15) is 0 Å². The molecule has 1 aromatic rings. The van der Waals surface area contributed by atoms with Crippen molar-refractivity contribution in [3.8, 4) is 0 Å². The Labute approximate surface area is 96.1 Å². The highest BCUT2D eigenvalue weighted by molar-refractivity contribution is 6.30. The molecule has 0 saturated carbocycles. The van der Waals surface area contributed by atoms with E-state index in [2.05, 4.69) is 17.5 Å². The van der Waals surface area contributed by atoms with Crippen LogP contribution in [0.25, 0.3) is 5.57 Å². The van der Waals surface area contributed by atoms with Crippen LogP contribution in [0.15, 0.2) is 30.3 Å². The van der Waals surface area contributed by atoms with Crippen LogP contribution in [0.4, 0.5) is 0 Å². The molecule has 1 N–H and O–H groups in total. The maximum absolute atomic E-state index is 5.98. The summed E-state index contributed by atoms with van der Waals surface area (Å²) in [6.07, 6.45) is 5.81. The Kier molecular flexibility index (Phi) is 3.45. The number of rotatable bonds is 2. The van der Waals surface area contributed by atoms with Gasteiger partial charge in [0.2, 0.25) is 0 Å². The van der Waals surface area contributed by atoms with Gasteiger partial charge in [0.15, 0.2) is 0 Å². The van der Waals surface area contributed by atoms with Gasteiger partial charge in [-0.15, -0.1) is 0 Å². The fraction of sp³-hybridized carbons (Fsp3) is 0.385. The van der Waals surface area contributed by atoms with Gasteiger partial charge in [-0.3, -0.25) is 0 Å². The first-order valence-corrected chi connectivity index (χ1v) is 5.79. The van der Waals surface area contributed by atoms with Crippen molar-refractivity contribution >= 4 is 17.2 Å². The van der Waals surface area contributed by atoms with E-state index in [-0.39, 0.29) is 0 Å². The minimum atomic E-state index is 0.646. The van der Waals surface area contributed by atoms with E-state index in [9.17, 15) is 0 Å². The number of nitrogens with one attached hydrogen (secondary N) is 1. The van der Waals surface area contributed by atoms with Crippen LogP contribution in [0.2, 0.25) is 5.02 Å². The molecule has 80 valence electrons. The molecule has 1 nitrogen and oxygen atoms in total. The molecular weight excluding hydrogens is 206 g/mol. The molecule has 1 aliphatic carbocycles. The van der Waals surface area contributed by atoms with Crippen LogP contribution in [0.5, 0.6) is 0 Å². The fourth-order valence-corrected chi connectivity index (χ4v) is 2.24. The maximum Gasteiger partial charge on any atom is 0.0412 e. The summed E-state index contributed by atoms with van der Waals surface area (Å²) in [6, 6.07) is 8.77. The lowest BCUT2D eigenvalue weighted by molar-refractivity contribution is 0.523. The zero-order valence-corrected chi connectivity index (χ0v) is 9.72. The summed E-state index contributed by atoms with van der Waals surface area (Å²) < 4.78 is 0. The lowest BCUT2D eigenvalue weighted by atomic mass is 9.91. The largest absolute Gasteiger partial charge is 0.317 e. The van der Waals surface area contributed by atoms with E-state index in [0.29, 0.717) is 6.04 Å². The highest BCUT2D eigenvalue weighted by atomic mass is 35.5. The molecule has 0 radical (unpaired) electrons. The molecule has 0 spiro atoms.